The van der Waals surface area contributed by atoms with Crippen LogP contribution in [0, 0.1) is 11.3 Å². The number of alkyl halides is 3. The molecule has 0 aliphatic carbocycles. The first kappa shape index (κ1) is 31.7. The summed E-state index contributed by atoms with van der Waals surface area (Å²) in [5.74, 6) is -1.20. The lowest BCUT2D eigenvalue weighted by molar-refractivity contribution is -0.151. The Morgan fingerprint density at radius 3 is 2.51 bits per heavy atom. The molecule has 2 aliphatic heterocycles. The lowest BCUT2D eigenvalue weighted by Crippen LogP contribution is -2.35. The van der Waals surface area contributed by atoms with Crippen LogP contribution in [0.3, 0.4) is 0 Å². The van der Waals surface area contributed by atoms with Gasteiger partial charge < -0.3 is 21.3 Å². The first-order chi connectivity index (χ1) is 18.2. The number of fused-ring (bicyclic) bond motifs is 1. The Bertz CT molecular complexity index is 1310. The van der Waals surface area contributed by atoms with Crippen LogP contribution >= 0.6 is 0 Å². The average molecular weight is 570 g/mol. The molecule has 1 saturated heterocycles. The maximum absolute atomic E-state index is 11.9. The van der Waals surface area contributed by atoms with E-state index in [2.05, 4.69) is 22.4 Å². The van der Waals surface area contributed by atoms with Gasteiger partial charge in [0.05, 0.1) is 22.6 Å². The largest absolute Gasteiger partial charge is 0.397 e. The highest BCUT2D eigenvalue weighted by Gasteiger charge is 2.30. The zero-order valence-electron chi connectivity index (χ0n) is 21.2. The molecule has 212 valence electrons. The summed E-state index contributed by atoms with van der Waals surface area (Å²) < 4.78 is 63.6. The molecule has 0 radical (unpaired) electrons. The first-order valence-corrected chi connectivity index (χ1v) is 13.3. The van der Waals surface area contributed by atoms with Crippen LogP contribution in [0.2, 0.25) is 0 Å². The minimum atomic E-state index is -4.45. The SMILES string of the molecule is CN[C@H]1CCN(Cc2cccc(C#N)c2)C1=O.NC(=O)CC(F)(F)F.O=S(=O)(O)c1ccc2c(c1)CNCC2. The molecule has 2 heterocycles. The van der Waals surface area contributed by atoms with Crippen molar-refractivity contribution >= 4 is 21.9 Å². The van der Waals surface area contributed by atoms with E-state index in [0.29, 0.717) is 18.7 Å². The van der Waals surface area contributed by atoms with Crippen LogP contribution in [0.15, 0.2) is 47.4 Å². The fraction of sp³-hybridized carbons (Fsp3) is 0.400. The van der Waals surface area contributed by atoms with Crippen LogP contribution in [0.5, 0.6) is 0 Å². The molecule has 1 fully saturated rings. The molecule has 0 unspecified atom stereocenters. The minimum absolute atomic E-state index is 0.0278. The molecular formula is C25H30F3N5O5S. The van der Waals surface area contributed by atoms with E-state index in [-0.39, 0.29) is 16.8 Å². The van der Waals surface area contributed by atoms with E-state index in [1.807, 2.05) is 30.1 Å². The van der Waals surface area contributed by atoms with Gasteiger partial charge in [0.2, 0.25) is 11.8 Å². The Hall–Kier alpha value is -3.51. The first-order valence-electron chi connectivity index (χ1n) is 11.8. The second-order valence-corrected chi connectivity index (χ2v) is 10.2. The lowest BCUT2D eigenvalue weighted by Gasteiger charge is -2.17. The number of amides is 2. The number of nitriles is 1. The molecule has 14 heteroatoms. The van der Waals surface area contributed by atoms with Gasteiger partial charge in [0.15, 0.2) is 0 Å². The van der Waals surface area contributed by atoms with Gasteiger partial charge >= 0.3 is 6.18 Å². The number of nitrogens with zero attached hydrogens (tertiary/aromatic N) is 2. The van der Waals surface area contributed by atoms with Crippen LogP contribution < -0.4 is 16.4 Å². The van der Waals surface area contributed by atoms with Crippen molar-refractivity contribution in [3.63, 3.8) is 0 Å². The highest BCUT2D eigenvalue weighted by molar-refractivity contribution is 7.85. The number of likely N-dealkylation sites (N-methyl/N-ethyl adjacent to an activating group) is 1. The van der Waals surface area contributed by atoms with Crippen LogP contribution in [-0.4, -0.2) is 62.0 Å². The summed E-state index contributed by atoms with van der Waals surface area (Å²) in [6.45, 7) is 2.95. The van der Waals surface area contributed by atoms with Gasteiger partial charge in [0.25, 0.3) is 10.1 Å². The van der Waals surface area contributed by atoms with Gasteiger partial charge in [-0.25, -0.2) is 0 Å². The van der Waals surface area contributed by atoms with Crippen molar-refractivity contribution in [1.82, 2.24) is 15.5 Å². The number of primary amides is 1. The van der Waals surface area contributed by atoms with Crippen molar-refractivity contribution in [2.45, 2.75) is 49.5 Å². The molecule has 0 spiro atoms. The molecule has 2 amide bonds. The fourth-order valence-electron chi connectivity index (χ4n) is 3.94. The van der Waals surface area contributed by atoms with Gasteiger partial charge in [0, 0.05) is 19.6 Å². The van der Waals surface area contributed by atoms with Crippen LogP contribution in [-0.2, 0) is 39.2 Å². The second-order valence-electron chi connectivity index (χ2n) is 8.79. The van der Waals surface area contributed by atoms with Crippen molar-refractivity contribution < 1.29 is 35.7 Å². The van der Waals surface area contributed by atoms with E-state index in [1.165, 1.54) is 12.1 Å². The van der Waals surface area contributed by atoms with Crippen molar-refractivity contribution in [3.05, 3.63) is 64.7 Å². The highest BCUT2D eigenvalue weighted by Crippen LogP contribution is 2.19. The number of nitrogens with one attached hydrogen (secondary N) is 2. The summed E-state index contributed by atoms with van der Waals surface area (Å²) >= 11 is 0. The van der Waals surface area contributed by atoms with Gasteiger partial charge in [-0.1, -0.05) is 18.2 Å². The number of carbonyl (C=O) groups excluding carboxylic acids is 2. The number of nitrogens with two attached hydrogens (primary N) is 1. The summed E-state index contributed by atoms with van der Waals surface area (Å²) in [7, 11) is -2.26. The number of benzene rings is 2. The molecule has 39 heavy (non-hydrogen) atoms. The minimum Gasteiger partial charge on any atom is -0.369 e. The standard InChI is InChI=1S/C13H15N3O.C9H11NO3S.C3H4F3NO/c1-15-12-5-6-16(13(12)17)9-11-4-2-3-10(7-11)8-14;11-14(12,13)9-2-1-7-3-4-10-6-8(7)5-9;4-3(5,6)1-2(7)8/h2-4,7,12,15H,5-6,9H2,1H3;1-2,5,10H,3-4,6H2,(H,11,12,13);1H2,(H2,7,8)/t12-;;/m0../s1. The maximum atomic E-state index is 11.9. The summed E-state index contributed by atoms with van der Waals surface area (Å²) in [6, 6.07) is 14.2. The van der Waals surface area contributed by atoms with Crippen molar-refractivity contribution in [2.75, 3.05) is 20.1 Å². The molecule has 10 nitrogen and oxygen atoms in total. The number of likely N-dealkylation sites (tertiary alicyclic amines) is 1. The Morgan fingerprint density at radius 1 is 1.26 bits per heavy atom. The Morgan fingerprint density at radius 2 is 1.97 bits per heavy atom. The average Bonchev–Trinajstić information content (AvgIpc) is 3.21. The smallest absolute Gasteiger partial charge is 0.369 e. The molecule has 4 rings (SSSR count). The van der Waals surface area contributed by atoms with Crippen LogP contribution in [0.1, 0.15) is 35.1 Å². The van der Waals surface area contributed by atoms with Gasteiger partial charge in [-0.2, -0.15) is 26.9 Å². The van der Waals surface area contributed by atoms with E-state index < -0.39 is 28.6 Å². The van der Waals surface area contributed by atoms with Crippen LogP contribution in [0.4, 0.5) is 13.2 Å². The zero-order valence-corrected chi connectivity index (χ0v) is 22.0. The molecule has 0 aromatic heterocycles. The highest BCUT2D eigenvalue weighted by atomic mass is 32.2. The molecule has 5 N–H and O–H groups in total. The summed E-state index contributed by atoms with van der Waals surface area (Å²) in [5, 5.41) is 15.0. The van der Waals surface area contributed by atoms with Gasteiger partial charge in [-0.05, 0) is 67.4 Å². The van der Waals surface area contributed by atoms with E-state index in [0.717, 1.165) is 42.6 Å². The number of carbonyl (C=O) groups is 2. The molecule has 1 atom stereocenters. The van der Waals surface area contributed by atoms with Gasteiger partial charge in [-0.3, -0.25) is 14.1 Å². The molecule has 2 aromatic rings. The van der Waals surface area contributed by atoms with Crippen LogP contribution in [0.25, 0.3) is 0 Å². The van der Waals surface area contributed by atoms with Gasteiger partial charge in [0.1, 0.15) is 6.42 Å². The third-order valence-corrected chi connectivity index (χ3v) is 6.66. The monoisotopic (exact) mass is 569 g/mol. The topological polar surface area (TPSA) is 166 Å². The number of hydrogen-bond donors (Lipinski definition) is 4. The van der Waals surface area contributed by atoms with Crippen molar-refractivity contribution in [2.24, 2.45) is 5.73 Å². The summed E-state index contributed by atoms with van der Waals surface area (Å²) in [6.07, 6.45) is -4.23. The zero-order chi connectivity index (χ0) is 29.2. The molecule has 0 bridgehead atoms. The Labute approximate surface area is 224 Å². The molecule has 0 saturated carbocycles. The van der Waals surface area contributed by atoms with E-state index in [1.54, 1.807) is 12.1 Å². The molecule has 2 aliphatic rings. The van der Waals surface area contributed by atoms with E-state index >= 15 is 0 Å². The normalized spacial score (nSPS) is 16.7. The van der Waals surface area contributed by atoms with Crippen molar-refractivity contribution in [3.8, 4) is 6.07 Å². The quantitative estimate of drug-likeness (QED) is 0.396. The van der Waals surface area contributed by atoms with Crippen molar-refractivity contribution in [1.29, 1.82) is 5.26 Å². The molecule has 2 aromatic carbocycles. The summed E-state index contributed by atoms with van der Waals surface area (Å²) in [4.78, 5) is 23.2. The second kappa shape index (κ2) is 14.0. The third-order valence-electron chi connectivity index (χ3n) is 5.81. The Kier molecular flexibility index (Phi) is 11.4. The molecular weight excluding hydrogens is 539 g/mol. The van der Waals surface area contributed by atoms with Gasteiger partial charge in [-0.15, -0.1) is 0 Å². The van der Waals surface area contributed by atoms with E-state index in [4.69, 9.17) is 9.81 Å². The third kappa shape index (κ3) is 10.6. The lowest BCUT2D eigenvalue weighted by atomic mass is 10.0. The Balaban J connectivity index is 0.000000219. The number of rotatable bonds is 5. The maximum Gasteiger partial charge on any atom is 0.397 e. The van der Waals surface area contributed by atoms with E-state index in [9.17, 15) is 31.2 Å². The fourth-order valence-corrected chi connectivity index (χ4v) is 4.47. The predicted octanol–water partition coefficient (Wildman–Crippen LogP) is 1.88. The number of halogens is 3. The summed E-state index contributed by atoms with van der Waals surface area (Å²) in [5.41, 5.74) is 7.97. The number of hydrogen-bond acceptors (Lipinski definition) is 7. The predicted molar refractivity (Wildman–Crippen MR) is 136 cm³/mol.